The number of hydrogen-bond acceptors (Lipinski definition) is 3. The van der Waals surface area contributed by atoms with Gasteiger partial charge >= 0.3 is 0 Å². The first-order chi connectivity index (χ1) is 10.4. The number of aromatic hydroxyl groups is 1. The van der Waals surface area contributed by atoms with Crippen LogP contribution in [0.15, 0.2) is 18.2 Å². The summed E-state index contributed by atoms with van der Waals surface area (Å²) in [5.41, 5.74) is 0.837. The summed E-state index contributed by atoms with van der Waals surface area (Å²) in [5.74, 6) is 0.822. The molecule has 22 heavy (non-hydrogen) atoms. The predicted octanol–water partition coefficient (Wildman–Crippen LogP) is 2.71. The maximum atomic E-state index is 12.8. The fourth-order valence-electron chi connectivity index (χ4n) is 4.29. The Morgan fingerprint density at radius 1 is 1.41 bits per heavy atom. The Morgan fingerprint density at radius 3 is 2.86 bits per heavy atom. The van der Waals surface area contributed by atoms with Crippen LogP contribution in [0.3, 0.4) is 0 Å². The van der Waals surface area contributed by atoms with Crippen molar-refractivity contribution < 1.29 is 15.0 Å². The van der Waals surface area contributed by atoms with Crippen LogP contribution in [0.1, 0.15) is 48.5 Å². The summed E-state index contributed by atoms with van der Waals surface area (Å²) >= 11 is 0. The fourth-order valence-corrected chi connectivity index (χ4v) is 4.29. The van der Waals surface area contributed by atoms with Crippen molar-refractivity contribution in [1.29, 1.82) is 0 Å². The standard InChI is InChI=1S/C18H25NO3/c1-3-18(22)8-4-5-13-10-19(11-16(13)18)17(21)15-7-6-14(20)9-12(15)2/h6-7,9,13,16,20,22H,3-5,8,10-11H2,1-2H3/t13-,16+,18-/m1/s1. The van der Waals surface area contributed by atoms with Crippen molar-refractivity contribution in [3.05, 3.63) is 29.3 Å². The number of likely N-dealkylation sites (tertiary alicyclic amines) is 1. The second kappa shape index (κ2) is 5.58. The van der Waals surface area contributed by atoms with Crippen LogP contribution < -0.4 is 0 Å². The van der Waals surface area contributed by atoms with Crippen LogP contribution in [0.2, 0.25) is 0 Å². The highest BCUT2D eigenvalue weighted by Gasteiger charge is 2.48. The highest BCUT2D eigenvalue weighted by Crippen LogP contribution is 2.44. The van der Waals surface area contributed by atoms with Gasteiger partial charge in [-0.05, 0) is 55.9 Å². The van der Waals surface area contributed by atoms with E-state index in [1.807, 2.05) is 18.7 Å². The van der Waals surface area contributed by atoms with Crippen LogP contribution >= 0.6 is 0 Å². The van der Waals surface area contributed by atoms with Crippen LogP contribution in [0, 0.1) is 18.8 Å². The van der Waals surface area contributed by atoms with Gasteiger partial charge in [-0.15, -0.1) is 0 Å². The second-order valence-corrected chi connectivity index (χ2v) is 6.93. The molecule has 1 amide bonds. The molecule has 0 aromatic heterocycles. The van der Waals surface area contributed by atoms with Crippen LogP contribution in [-0.2, 0) is 0 Å². The summed E-state index contributed by atoms with van der Waals surface area (Å²) in [6.45, 7) is 5.27. The van der Waals surface area contributed by atoms with Crippen molar-refractivity contribution in [1.82, 2.24) is 4.90 Å². The number of phenols is 1. The molecule has 2 N–H and O–H groups in total. The number of benzene rings is 1. The zero-order valence-electron chi connectivity index (χ0n) is 13.4. The molecule has 4 heteroatoms. The lowest BCUT2D eigenvalue weighted by Crippen LogP contribution is -2.44. The van der Waals surface area contributed by atoms with E-state index in [9.17, 15) is 15.0 Å². The Hall–Kier alpha value is -1.55. The lowest BCUT2D eigenvalue weighted by atomic mass is 9.69. The lowest BCUT2D eigenvalue weighted by Gasteiger charge is -2.40. The van der Waals surface area contributed by atoms with E-state index in [0.717, 1.165) is 37.8 Å². The maximum Gasteiger partial charge on any atom is 0.254 e. The molecule has 4 nitrogen and oxygen atoms in total. The average molecular weight is 303 g/mol. The third-order valence-electron chi connectivity index (χ3n) is 5.66. The van der Waals surface area contributed by atoms with Gasteiger partial charge in [-0.2, -0.15) is 0 Å². The Kier molecular flexibility index (Phi) is 3.89. The van der Waals surface area contributed by atoms with Crippen molar-refractivity contribution in [2.45, 2.75) is 45.1 Å². The summed E-state index contributed by atoms with van der Waals surface area (Å²) in [7, 11) is 0. The number of carbonyl (C=O) groups is 1. The first-order valence-corrected chi connectivity index (χ1v) is 8.26. The van der Waals surface area contributed by atoms with E-state index in [4.69, 9.17) is 0 Å². The molecule has 0 unspecified atom stereocenters. The molecule has 3 rings (SSSR count). The molecule has 2 fully saturated rings. The van der Waals surface area contributed by atoms with Gasteiger partial charge in [0.1, 0.15) is 5.75 Å². The van der Waals surface area contributed by atoms with Gasteiger partial charge in [-0.25, -0.2) is 0 Å². The first kappa shape index (κ1) is 15.3. The predicted molar refractivity (Wildman–Crippen MR) is 84.8 cm³/mol. The third-order valence-corrected chi connectivity index (χ3v) is 5.66. The minimum atomic E-state index is -0.609. The van der Waals surface area contributed by atoms with Gasteiger partial charge in [0.05, 0.1) is 5.60 Å². The Bertz CT molecular complexity index is 586. The molecule has 2 aliphatic rings. The van der Waals surface area contributed by atoms with Crippen molar-refractivity contribution in [3.8, 4) is 5.75 Å². The Labute approximate surface area is 131 Å². The molecule has 0 bridgehead atoms. The van der Waals surface area contributed by atoms with Gasteiger partial charge in [-0.1, -0.05) is 13.3 Å². The molecule has 0 spiro atoms. The number of carbonyl (C=O) groups excluding carboxylic acids is 1. The van der Waals surface area contributed by atoms with E-state index in [-0.39, 0.29) is 17.6 Å². The SMILES string of the molecule is CC[C@@]1(O)CCC[C@@H]2CN(C(=O)c3ccc(O)cc3C)C[C@@H]21. The highest BCUT2D eigenvalue weighted by atomic mass is 16.3. The van der Waals surface area contributed by atoms with E-state index < -0.39 is 5.60 Å². The highest BCUT2D eigenvalue weighted by molar-refractivity contribution is 5.96. The monoisotopic (exact) mass is 303 g/mol. The molecule has 1 aliphatic carbocycles. The molecular weight excluding hydrogens is 278 g/mol. The largest absolute Gasteiger partial charge is 0.508 e. The van der Waals surface area contributed by atoms with Crippen molar-refractivity contribution in [2.75, 3.05) is 13.1 Å². The number of phenolic OH excluding ortho intramolecular Hbond substituents is 1. The summed E-state index contributed by atoms with van der Waals surface area (Å²) < 4.78 is 0. The summed E-state index contributed by atoms with van der Waals surface area (Å²) in [4.78, 5) is 14.7. The molecule has 1 heterocycles. The topological polar surface area (TPSA) is 60.8 Å². The molecule has 120 valence electrons. The molecule has 1 aromatic carbocycles. The Morgan fingerprint density at radius 2 is 2.18 bits per heavy atom. The van der Waals surface area contributed by atoms with Gasteiger partial charge in [0, 0.05) is 24.6 Å². The summed E-state index contributed by atoms with van der Waals surface area (Å²) in [5, 5.41) is 20.3. The number of amides is 1. The molecule has 1 aromatic rings. The molecule has 0 radical (unpaired) electrons. The van der Waals surface area contributed by atoms with Crippen molar-refractivity contribution in [2.24, 2.45) is 11.8 Å². The lowest BCUT2D eigenvalue weighted by molar-refractivity contribution is -0.0609. The smallest absolute Gasteiger partial charge is 0.254 e. The molecular formula is C18H25NO3. The summed E-state index contributed by atoms with van der Waals surface area (Å²) in [6.07, 6.45) is 3.76. The number of hydrogen-bond donors (Lipinski definition) is 2. The van der Waals surface area contributed by atoms with E-state index in [0.29, 0.717) is 18.0 Å². The van der Waals surface area contributed by atoms with Gasteiger partial charge in [-0.3, -0.25) is 4.79 Å². The molecule has 1 aliphatic heterocycles. The zero-order valence-corrected chi connectivity index (χ0v) is 13.4. The van der Waals surface area contributed by atoms with Gasteiger partial charge in [0.15, 0.2) is 0 Å². The van der Waals surface area contributed by atoms with Gasteiger partial charge in [0.2, 0.25) is 0 Å². The van der Waals surface area contributed by atoms with Crippen LogP contribution in [0.5, 0.6) is 5.75 Å². The van der Waals surface area contributed by atoms with Crippen LogP contribution in [0.25, 0.3) is 0 Å². The van der Waals surface area contributed by atoms with Gasteiger partial charge < -0.3 is 15.1 Å². The average Bonchev–Trinajstić information content (AvgIpc) is 2.92. The quantitative estimate of drug-likeness (QED) is 0.883. The fraction of sp³-hybridized carbons (Fsp3) is 0.611. The van der Waals surface area contributed by atoms with Gasteiger partial charge in [0.25, 0.3) is 5.91 Å². The number of nitrogens with zero attached hydrogens (tertiary/aromatic N) is 1. The van der Waals surface area contributed by atoms with Crippen LogP contribution in [-0.4, -0.2) is 39.7 Å². The van der Waals surface area contributed by atoms with E-state index in [1.54, 1.807) is 18.2 Å². The maximum absolute atomic E-state index is 12.8. The Balaban J connectivity index is 1.81. The zero-order chi connectivity index (χ0) is 15.9. The third kappa shape index (κ3) is 2.50. The van der Waals surface area contributed by atoms with E-state index in [1.165, 1.54) is 0 Å². The van der Waals surface area contributed by atoms with Crippen molar-refractivity contribution in [3.63, 3.8) is 0 Å². The minimum absolute atomic E-state index is 0.0188. The second-order valence-electron chi connectivity index (χ2n) is 6.93. The van der Waals surface area contributed by atoms with E-state index in [2.05, 4.69) is 0 Å². The summed E-state index contributed by atoms with van der Waals surface area (Å²) in [6, 6.07) is 4.88. The number of aliphatic hydroxyl groups is 1. The van der Waals surface area contributed by atoms with E-state index >= 15 is 0 Å². The normalized spacial score (nSPS) is 31.1. The molecule has 1 saturated carbocycles. The number of aryl methyl sites for hydroxylation is 1. The molecule has 1 saturated heterocycles. The number of rotatable bonds is 2. The first-order valence-electron chi connectivity index (χ1n) is 8.26. The van der Waals surface area contributed by atoms with Crippen molar-refractivity contribution >= 4 is 5.91 Å². The van der Waals surface area contributed by atoms with Crippen LogP contribution in [0.4, 0.5) is 0 Å². The molecule has 3 atom stereocenters. The number of fused-ring (bicyclic) bond motifs is 1. The minimum Gasteiger partial charge on any atom is -0.508 e.